The summed E-state index contributed by atoms with van der Waals surface area (Å²) in [6.07, 6.45) is 0.952. The van der Waals surface area contributed by atoms with Gasteiger partial charge in [0.05, 0.1) is 23.6 Å². The highest BCUT2D eigenvalue weighted by Crippen LogP contribution is 2.32. The fourth-order valence-corrected chi connectivity index (χ4v) is 4.22. The lowest BCUT2D eigenvalue weighted by Crippen LogP contribution is -2.56. The predicted molar refractivity (Wildman–Crippen MR) is 110 cm³/mol. The van der Waals surface area contributed by atoms with Crippen molar-refractivity contribution in [1.29, 1.82) is 0 Å². The first-order valence-corrected chi connectivity index (χ1v) is 10.0. The Bertz CT molecular complexity index is 874. The fourth-order valence-electron chi connectivity index (χ4n) is 4.22. The second-order valence-corrected chi connectivity index (χ2v) is 7.63. The molecule has 2 heterocycles. The maximum atomic E-state index is 13.2. The Morgan fingerprint density at radius 1 is 1.14 bits per heavy atom. The van der Waals surface area contributed by atoms with Crippen molar-refractivity contribution in [3.63, 3.8) is 0 Å². The quantitative estimate of drug-likeness (QED) is 0.816. The number of amides is 2. The number of rotatable bonds is 5. The number of halogens is 1. The Morgan fingerprint density at radius 3 is 2.55 bits per heavy atom. The van der Waals surface area contributed by atoms with E-state index in [1.807, 2.05) is 30.3 Å². The van der Waals surface area contributed by atoms with Gasteiger partial charge in [0.2, 0.25) is 11.8 Å². The summed E-state index contributed by atoms with van der Waals surface area (Å²) in [6.45, 7) is 4.13. The highest BCUT2D eigenvalue weighted by atomic mass is 19.1. The number of carbonyl (C=O) groups is 2. The van der Waals surface area contributed by atoms with Crippen LogP contribution < -0.4 is 15.8 Å². The molecule has 2 saturated heterocycles. The van der Waals surface area contributed by atoms with Crippen molar-refractivity contribution in [2.24, 2.45) is 11.8 Å². The molecule has 0 saturated carbocycles. The Kier molecular flexibility index (Phi) is 5.60. The van der Waals surface area contributed by atoms with Crippen LogP contribution in [0.25, 0.3) is 0 Å². The van der Waals surface area contributed by atoms with Crippen molar-refractivity contribution in [2.75, 3.05) is 30.0 Å². The molecule has 0 aliphatic carbocycles. The Morgan fingerprint density at radius 2 is 1.86 bits per heavy atom. The van der Waals surface area contributed by atoms with Crippen LogP contribution in [-0.4, -0.2) is 42.4 Å². The van der Waals surface area contributed by atoms with Crippen LogP contribution in [-0.2, 0) is 9.59 Å². The zero-order chi connectivity index (χ0) is 20.4. The molecule has 2 amide bonds. The number of anilines is 2. The van der Waals surface area contributed by atoms with E-state index in [0.29, 0.717) is 18.8 Å². The first kappa shape index (κ1) is 19.5. The lowest BCUT2D eigenvalue weighted by molar-refractivity contribution is -0.126. The van der Waals surface area contributed by atoms with Gasteiger partial charge in [-0.05, 0) is 49.4 Å². The minimum atomic E-state index is -0.400. The molecule has 2 aromatic carbocycles. The number of hydrogen-bond acceptors (Lipinski definition) is 4. The van der Waals surface area contributed by atoms with Crippen molar-refractivity contribution in [1.82, 2.24) is 10.3 Å². The van der Waals surface area contributed by atoms with Crippen LogP contribution >= 0.6 is 0 Å². The molecule has 29 heavy (non-hydrogen) atoms. The number of likely N-dealkylation sites (tertiary alicyclic amines) is 1. The summed E-state index contributed by atoms with van der Waals surface area (Å²) in [5, 5.41) is 4.45. The van der Waals surface area contributed by atoms with Gasteiger partial charge >= 0.3 is 0 Å². The third-order valence-electron chi connectivity index (χ3n) is 5.60. The van der Waals surface area contributed by atoms with Gasteiger partial charge in [0.1, 0.15) is 5.82 Å². The number of para-hydroxylation sites is 1. The van der Waals surface area contributed by atoms with Gasteiger partial charge in [-0.25, -0.2) is 14.8 Å². The predicted octanol–water partition coefficient (Wildman–Crippen LogP) is 2.64. The lowest BCUT2D eigenvalue weighted by atomic mass is 9.84. The molecule has 7 heteroatoms. The first-order valence-electron chi connectivity index (χ1n) is 10.0. The van der Waals surface area contributed by atoms with Gasteiger partial charge < -0.3 is 10.2 Å². The van der Waals surface area contributed by atoms with E-state index in [2.05, 4.69) is 22.6 Å². The molecule has 2 fully saturated rings. The minimum absolute atomic E-state index is 0.0124. The topological polar surface area (TPSA) is 64.7 Å². The molecule has 0 radical (unpaired) electrons. The van der Waals surface area contributed by atoms with Gasteiger partial charge in [-0.1, -0.05) is 25.1 Å². The molecule has 0 spiro atoms. The van der Waals surface area contributed by atoms with Gasteiger partial charge in [0.25, 0.3) is 0 Å². The van der Waals surface area contributed by atoms with Gasteiger partial charge in [-0.3, -0.25) is 9.59 Å². The van der Waals surface area contributed by atoms with Crippen molar-refractivity contribution >= 4 is 23.2 Å². The Labute approximate surface area is 169 Å². The molecular weight excluding hydrogens is 371 g/mol. The van der Waals surface area contributed by atoms with Crippen LogP contribution in [0.5, 0.6) is 0 Å². The number of nitrogens with one attached hydrogen (secondary N) is 2. The van der Waals surface area contributed by atoms with Crippen molar-refractivity contribution in [3.05, 3.63) is 60.4 Å². The van der Waals surface area contributed by atoms with Crippen LogP contribution in [0.2, 0.25) is 0 Å². The fraction of sp³-hybridized carbons (Fsp3) is 0.364. The smallest absolute Gasteiger partial charge is 0.247 e. The molecule has 2 aliphatic rings. The van der Waals surface area contributed by atoms with Crippen LogP contribution in [0.1, 0.15) is 13.3 Å². The third kappa shape index (κ3) is 4.02. The number of piperidine rings is 1. The van der Waals surface area contributed by atoms with Gasteiger partial charge in [0.15, 0.2) is 0 Å². The van der Waals surface area contributed by atoms with Crippen molar-refractivity contribution in [2.45, 2.75) is 19.4 Å². The van der Waals surface area contributed by atoms with Crippen LogP contribution in [0, 0.1) is 17.7 Å². The van der Waals surface area contributed by atoms with E-state index in [-0.39, 0.29) is 29.6 Å². The highest BCUT2D eigenvalue weighted by molar-refractivity contribution is 5.99. The largest absolute Gasteiger partial charge is 0.326 e. The SMILES string of the molecule is CCCN1CC(C(=O)Nc2ccc(F)cc2)C2NN(c3ccccc3)C(=O)C2C1. The van der Waals surface area contributed by atoms with E-state index in [9.17, 15) is 14.0 Å². The molecule has 3 atom stereocenters. The summed E-state index contributed by atoms with van der Waals surface area (Å²) in [5.74, 6) is -1.22. The summed E-state index contributed by atoms with van der Waals surface area (Å²) in [5.41, 5.74) is 4.60. The van der Waals surface area contributed by atoms with Crippen LogP contribution in [0.4, 0.5) is 15.8 Å². The number of fused-ring (bicyclic) bond motifs is 1. The molecule has 152 valence electrons. The molecule has 0 aromatic heterocycles. The highest BCUT2D eigenvalue weighted by Gasteiger charge is 2.50. The molecule has 2 aliphatic heterocycles. The zero-order valence-electron chi connectivity index (χ0n) is 16.3. The van der Waals surface area contributed by atoms with Crippen LogP contribution in [0.15, 0.2) is 54.6 Å². The first-order chi connectivity index (χ1) is 14.1. The summed E-state index contributed by atoms with van der Waals surface area (Å²) < 4.78 is 13.2. The van der Waals surface area contributed by atoms with Crippen LogP contribution in [0.3, 0.4) is 0 Å². The van der Waals surface area contributed by atoms with Gasteiger partial charge in [-0.15, -0.1) is 0 Å². The molecule has 2 N–H and O–H groups in total. The maximum absolute atomic E-state index is 13.2. The normalized spacial score (nSPS) is 24.4. The number of hydrazine groups is 1. The second kappa shape index (κ2) is 8.31. The van der Waals surface area contributed by atoms with Crippen molar-refractivity contribution in [3.8, 4) is 0 Å². The molecule has 6 nitrogen and oxygen atoms in total. The Hall–Kier alpha value is -2.77. The van der Waals surface area contributed by atoms with E-state index in [4.69, 9.17) is 0 Å². The maximum Gasteiger partial charge on any atom is 0.247 e. The number of benzene rings is 2. The van der Waals surface area contributed by atoms with E-state index in [0.717, 1.165) is 18.7 Å². The van der Waals surface area contributed by atoms with Gasteiger partial charge in [-0.2, -0.15) is 0 Å². The zero-order valence-corrected chi connectivity index (χ0v) is 16.3. The average molecular weight is 396 g/mol. The lowest BCUT2D eigenvalue weighted by Gasteiger charge is -2.38. The van der Waals surface area contributed by atoms with E-state index in [1.54, 1.807) is 17.1 Å². The summed E-state index contributed by atoms with van der Waals surface area (Å²) >= 11 is 0. The minimum Gasteiger partial charge on any atom is -0.326 e. The number of carbonyl (C=O) groups excluding carboxylic acids is 2. The molecule has 4 rings (SSSR count). The van der Waals surface area contributed by atoms with E-state index >= 15 is 0 Å². The second-order valence-electron chi connectivity index (χ2n) is 7.63. The molecule has 2 aromatic rings. The monoisotopic (exact) mass is 396 g/mol. The third-order valence-corrected chi connectivity index (χ3v) is 5.60. The standard InChI is InChI=1S/C22H25FN4O2/c1-2-12-26-13-18(21(28)24-16-10-8-15(23)9-11-16)20-19(14-26)22(29)27(25-20)17-6-4-3-5-7-17/h3-11,18-20,25H,2,12-14H2,1H3,(H,24,28). The van der Waals surface area contributed by atoms with E-state index < -0.39 is 5.92 Å². The molecule has 0 bridgehead atoms. The summed E-state index contributed by atoms with van der Waals surface area (Å²) in [4.78, 5) is 28.4. The molecular formula is C22H25FN4O2. The summed E-state index contributed by atoms with van der Waals surface area (Å²) in [6, 6.07) is 14.9. The van der Waals surface area contributed by atoms with Crippen molar-refractivity contribution < 1.29 is 14.0 Å². The average Bonchev–Trinajstić information content (AvgIpc) is 3.07. The Balaban J connectivity index is 1.57. The number of hydrogen-bond donors (Lipinski definition) is 2. The number of nitrogens with zero attached hydrogens (tertiary/aromatic N) is 2. The summed E-state index contributed by atoms with van der Waals surface area (Å²) in [7, 11) is 0. The molecule has 3 unspecified atom stereocenters. The van der Waals surface area contributed by atoms with Gasteiger partial charge in [0, 0.05) is 18.8 Å². The van der Waals surface area contributed by atoms with E-state index in [1.165, 1.54) is 12.1 Å².